The summed E-state index contributed by atoms with van der Waals surface area (Å²) in [5.74, 6) is -2.22. The molecule has 0 heterocycles. The SMILES string of the molecule is COc1cc(/C(C)=N/NC(=O)C(=O)Nc2ccc(F)cc2)ccc1OCc1c(F)cccc1Cl. The fraction of sp³-hybridized carbons (Fsp3) is 0.125. The molecule has 0 saturated carbocycles. The zero-order chi connectivity index (χ0) is 24.7. The second kappa shape index (κ2) is 11.2. The van der Waals surface area contributed by atoms with Crippen LogP contribution in [0.25, 0.3) is 0 Å². The number of amides is 2. The molecule has 0 unspecified atom stereocenters. The van der Waals surface area contributed by atoms with Crippen LogP contribution in [0.2, 0.25) is 5.02 Å². The molecule has 0 aliphatic heterocycles. The highest BCUT2D eigenvalue weighted by atomic mass is 35.5. The second-order valence-electron chi connectivity index (χ2n) is 6.95. The van der Waals surface area contributed by atoms with E-state index in [4.69, 9.17) is 21.1 Å². The van der Waals surface area contributed by atoms with Crippen molar-refractivity contribution in [3.8, 4) is 11.5 Å². The monoisotopic (exact) mass is 487 g/mol. The Morgan fingerprint density at radius 2 is 1.74 bits per heavy atom. The molecule has 3 aromatic rings. The summed E-state index contributed by atoms with van der Waals surface area (Å²) in [5, 5.41) is 6.51. The number of hydrazone groups is 1. The molecule has 0 aliphatic rings. The third-order valence-corrected chi connectivity index (χ3v) is 5.00. The molecule has 0 aliphatic carbocycles. The first kappa shape index (κ1) is 24.7. The van der Waals surface area contributed by atoms with E-state index in [-0.39, 0.29) is 22.9 Å². The van der Waals surface area contributed by atoms with Crippen molar-refractivity contribution in [3.63, 3.8) is 0 Å². The van der Waals surface area contributed by atoms with Gasteiger partial charge in [0.05, 0.1) is 17.8 Å². The average Bonchev–Trinajstić information content (AvgIpc) is 2.83. The first-order valence-corrected chi connectivity index (χ1v) is 10.3. The molecule has 7 nitrogen and oxygen atoms in total. The van der Waals surface area contributed by atoms with Gasteiger partial charge in [-0.3, -0.25) is 9.59 Å². The maximum atomic E-state index is 14.0. The fourth-order valence-corrected chi connectivity index (χ4v) is 3.02. The molecule has 0 fully saturated rings. The summed E-state index contributed by atoms with van der Waals surface area (Å²) >= 11 is 6.03. The van der Waals surface area contributed by atoms with Crippen LogP contribution < -0.4 is 20.2 Å². The first-order chi connectivity index (χ1) is 16.3. The number of carbonyl (C=O) groups excluding carboxylic acids is 2. The van der Waals surface area contributed by atoms with Crippen LogP contribution in [0.3, 0.4) is 0 Å². The molecule has 2 N–H and O–H groups in total. The fourth-order valence-electron chi connectivity index (χ4n) is 2.80. The van der Waals surface area contributed by atoms with Crippen LogP contribution >= 0.6 is 11.6 Å². The van der Waals surface area contributed by atoms with Crippen molar-refractivity contribution >= 4 is 34.8 Å². The minimum Gasteiger partial charge on any atom is -0.493 e. The first-order valence-electron chi connectivity index (χ1n) is 9.93. The summed E-state index contributed by atoms with van der Waals surface area (Å²) < 4.78 is 37.9. The minimum atomic E-state index is -1.00. The van der Waals surface area contributed by atoms with E-state index in [1.165, 1.54) is 31.4 Å². The smallest absolute Gasteiger partial charge is 0.329 e. The van der Waals surface area contributed by atoms with Crippen molar-refractivity contribution in [2.24, 2.45) is 5.10 Å². The zero-order valence-electron chi connectivity index (χ0n) is 18.2. The van der Waals surface area contributed by atoms with Gasteiger partial charge in [0.15, 0.2) is 11.5 Å². The summed E-state index contributed by atoms with van der Waals surface area (Å²) in [5.41, 5.74) is 3.59. The molecule has 0 bridgehead atoms. The Morgan fingerprint density at radius 1 is 1.00 bits per heavy atom. The molecule has 0 spiro atoms. The van der Waals surface area contributed by atoms with Gasteiger partial charge in [-0.2, -0.15) is 5.10 Å². The molecule has 2 amide bonds. The Morgan fingerprint density at radius 3 is 2.41 bits per heavy atom. The van der Waals surface area contributed by atoms with Crippen LogP contribution in [0.5, 0.6) is 11.5 Å². The van der Waals surface area contributed by atoms with E-state index in [1.54, 1.807) is 31.2 Å². The van der Waals surface area contributed by atoms with E-state index in [2.05, 4.69) is 15.8 Å². The standard InChI is InChI=1S/C24H20ClF2N3O4/c1-14(29-30-24(32)23(31)28-17-9-7-16(26)8-10-17)15-6-11-21(22(12-15)33-2)34-13-18-19(25)4-3-5-20(18)27/h3-12H,13H2,1-2H3,(H,28,31)(H,30,32)/b29-14+. The van der Waals surface area contributed by atoms with Crippen molar-refractivity contribution in [2.75, 3.05) is 12.4 Å². The van der Waals surface area contributed by atoms with E-state index >= 15 is 0 Å². The van der Waals surface area contributed by atoms with Gasteiger partial charge in [0.1, 0.15) is 18.2 Å². The predicted octanol–water partition coefficient (Wildman–Crippen LogP) is 4.68. The largest absolute Gasteiger partial charge is 0.493 e. The molecule has 34 heavy (non-hydrogen) atoms. The average molecular weight is 488 g/mol. The molecule has 176 valence electrons. The van der Waals surface area contributed by atoms with Crippen LogP contribution in [-0.4, -0.2) is 24.6 Å². The lowest BCUT2D eigenvalue weighted by molar-refractivity contribution is -0.136. The van der Waals surface area contributed by atoms with Gasteiger partial charge in [0, 0.05) is 16.8 Å². The maximum Gasteiger partial charge on any atom is 0.329 e. The molecule has 0 saturated heterocycles. The van der Waals surface area contributed by atoms with Crippen molar-refractivity contribution < 1.29 is 27.8 Å². The Bertz CT molecular complexity index is 1210. The normalized spacial score (nSPS) is 11.0. The number of methoxy groups -OCH3 is 1. The van der Waals surface area contributed by atoms with E-state index in [1.807, 2.05) is 0 Å². The van der Waals surface area contributed by atoms with Crippen molar-refractivity contribution in [1.82, 2.24) is 5.43 Å². The van der Waals surface area contributed by atoms with Gasteiger partial charge in [-0.25, -0.2) is 14.2 Å². The van der Waals surface area contributed by atoms with Gasteiger partial charge < -0.3 is 14.8 Å². The van der Waals surface area contributed by atoms with Crippen molar-refractivity contribution in [1.29, 1.82) is 0 Å². The zero-order valence-corrected chi connectivity index (χ0v) is 19.0. The van der Waals surface area contributed by atoms with Crippen LogP contribution in [0, 0.1) is 11.6 Å². The number of halogens is 3. The number of nitrogens with zero attached hydrogens (tertiary/aromatic N) is 1. The molecule has 0 radical (unpaired) electrons. The highest BCUT2D eigenvalue weighted by Crippen LogP contribution is 2.30. The molecule has 0 atom stereocenters. The van der Waals surface area contributed by atoms with Gasteiger partial charge in [0.25, 0.3) is 0 Å². The number of hydrogen-bond acceptors (Lipinski definition) is 5. The summed E-state index contributed by atoms with van der Waals surface area (Å²) in [6.07, 6.45) is 0. The Kier molecular flexibility index (Phi) is 8.15. The molecule has 0 aromatic heterocycles. The lowest BCUT2D eigenvalue weighted by atomic mass is 10.1. The van der Waals surface area contributed by atoms with Crippen LogP contribution in [0.1, 0.15) is 18.1 Å². The summed E-state index contributed by atoms with van der Waals surface area (Å²) in [6, 6.07) is 14.2. The lowest BCUT2D eigenvalue weighted by Crippen LogP contribution is -2.32. The number of nitrogens with one attached hydrogen (secondary N) is 2. The quantitative estimate of drug-likeness (QED) is 0.287. The Labute approximate surface area is 199 Å². The summed E-state index contributed by atoms with van der Waals surface area (Å²) in [6.45, 7) is 1.51. The second-order valence-corrected chi connectivity index (χ2v) is 7.36. The van der Waals surface area contributed by atoms with Crippen molar-refractivity contribution in [3.05, 3.63) is 88.4 Å². The number of benzene rings is 3. The lowest BCUT2D eigenvalue weighted by Gasteiger charge is -2.13. The van der Waals surface area contributed by atoms with Crippen LogP contribution in [0.4, 0.5) is 14.5 Å². The van der Waals surface area contributed by atoms with Gasteiger partial charge in [0.2, 0.25) is 0 Å². The van der Waals surface area contributed by atoms with Gasteiger partial charge in [-0.15, -0.1) is 0 Å². The predicted molar refractivity (Wildman–Crippen MR) is 124 cm³/mol. The molecular weight excluding hydrogens is 468 g/mol. The van der Waals surface area contributed by atoms with Gasteiger partial charge in [-0.05, 0) is 61.5 Å². The van der Waals surface area contributed by atoms with Gasteiger partial charge in [-0.1, -0.05) is 17.7 Å². The highest BCUT2D eigenvalue weighted by molar-refractivity contribution is 6.39. The Balaban J connectivity index is 1.64. The summed E-state index contributed by atoms with van der Waals surface area (Å²) in [7, 11) is 1.44. The third kappa shape index (κ3) is 6.29. The Hall–Kier alpha value is -3.98. The maximum absolute atomic E-state index is 14.0. The van der Waals surface area contributed by atoms with E-state index < -0.39 is 23.4 Å². The number of rotatable bonds is 7. The number of ether oxygens (including phenoxy) is 2. The van der Waals surface area contributed by atoms with E-state index in [0.29, 0.717) is 22.8 Å². The third-order valence-electron chi connectivity index (χ3n) is 4.65. The molecular formula is C24H20ClF2N3O4. The van der Waals surface area contributed by atoms with Crippen LogP contribution in [0.15, 0.2) is 65.8 Å². The minimum absolute atomic E-state index is 0.104. The van der Waals surface area contributed by atoms with Crippen LogP contribution in [-0.2, 0) is 16.2 Å². The molecule has 10 heteroatoms. The van der Waals surface area contributed by atoms with Gasteiger partial charge >= 0.3 is 11.8 Å². The number of carbonyl (C=O) groups is 2. The molecule has 3 aromatic carbocycles. The van der Waals surface area contributed by atoms with E-state index in [9.17, 15) is 18.4 Å². The number of hydrogen-bond donors (Lipinski definition) is 2. The molecule has 3 rings (SSSR count). The number of anilines is 1. The topological polar surface area (TPSA) is 89.0 Å². The highest BCUT2D eigenvalue weighted by Gasteiger charge is 2.15. The van der Waals surface area contributed by atoms with Crippen molar-refractivity contribution in [2.45, 2.75) is 13.5 Å². The summed E-state index contributed by atoms with van der Waals surface area (Å²) in [4.78, 5) is 24.0. The van der Waals surface area contributed by atoms with E-state index in [0.717, 1.165) is 12.1 Å².